The minimum Gasteiger partial charge on any atom is -0.467 e. The standard InChI is InChI=1S/C12H9FN4O/c1-18-12-16-10(8(6-14)11(15)17-12)7-4-2-3-5-9(7)13/h2-5H,1H3,(H2,15,16,17). The minimum absolute atomic E-state index is 0.00949. The van der Waals surface area contributed by atoms with Gasteiger partial charge in [0.25, 0.3) is 0 Å². The molecule has 2 aromatic rings. The van der Waals surface area contributed by atoms with Gasteiger partial charge < -0.3 is 10.5 Å². The Bertz CT molecular complexity index is 636. The van der Waals surface area contributed by atoms with Crippen LogP contribution in [0.2, 0.25) is 0 Å². The van der Waals surface area contributed by atoms with E-state index in [1.165, 1.54) is 19.2 Å². The normalized spacial score (nSPS) is 9.83. The van der Waals surface area contributed by atoms with E-state index in [0.29, 0.717) is 0 Å². The Morgan fingerprint density at radius 1 is 1.33 bits per heavy atom. The molecule has 2 rings (SSSR count). The molecule has 6 heteroatoms. The number of nitriles is 1. The zero-order valence-corrected chi connectivity index (χ0v) is 9.51. The van der Waals surface area contributed by atoms with E-state index in [1.54, 1.807) is 12.1 Å². The Kier molecular flexibility index (Phi) is 3.06. The monoisotopic (exact) mass is 244 g/mol. The second-order valence-electron chi connectivity index (χ2n) is 3.41. The third kappa shape index (κ3) is 1.94. The van der Waals surface area contributed by atoms with E-state index in [4.69, 9.17) is 15.7 Å². The summed E-state index contributed by atoms with van der Waals surface area (Å²) < 4.78 is 18.6. The molecule has 0 saturated heterocycles. The summed E-state index contributed by atoms with van der Waals surface area (Å²) in [5.41, 5.74) is 5.96. The summed E-state index contributed by atoms with van der Waals surface area (Å²) in [6, 6.07) is 7.84. The lowest BCUT2D eigenvalue weighted by Crippen LogP contribution is -2.04. The van der Waals surface area contributed by atoms with Crippen molar-refractivity contribution in [3.05, 3.63) is 35.6 Å². The van der Waals surface area contributed by atoms with Crippen molar-refractivity contribution in [3.8, 4) is 23.3 Å². The maximum atomic E-state index is 13.7. The number of hydrogen-bond donors (Lipinski definition) is 1. The molecule has 0 radical (unpaired) electrons. The van der Waals surface area contributed by atoms with Gasteiger partial charge in [0, 0.05) is 5.56 Å². The van der Waals surface area contributed by atoms with Gasteiger partial charge in [0.05, 0.1) is 7.11 Å². The number of hydrogen-bond acceptors (Lipinski definition) is 5. The first kappa shape index (κ1) is 11.8. The topological polar surface area (TPSA) is 84.8 Å². The number of benzene rings is 1. The van der Waals surface area contributed by atoms with E-state index >= 15 is 0 Å². The summed E-state index contributed by atoms with van der Waals surface area (Å²) >= 11 is 0. The molecule has 0 saturated carbocycles. The number of aromatic nitrogens is 2. The van der Waals surface area contributed by atoms with E-state index in [2.05, 4.69) is 9.97 Å². The molecule has 0 spiro atoms. The Morgan fingerprint density at radius 2 is 2.06 bits per heavy atom. The molecule has 0 amide bonds. The molecule has 0 bridgehead atoms. The number of halogens is 1. The summed E-state index contributed by atoms with van der Waals surface area (Å²) in [5.74, 6) is -0.531. The Morgan fingerprint density at radius 3 is 2.67 bits per heavy atom. The third-order valence-corrected chi connectivity index (χ3v) is 2.34. The Labute approximate surface area is 103 Å². The van der Waals surface area contributed by atoms with Gasteiger partial charge in [0.2, 0.25) is 0 Å². The highest BCUT2D eigenvalue weighted by molar-refractivity contribution is 5.72. The molecule has 18 heavy (non-hydrogen) atoms. The van der Waals surface area contributed by atoms with Crippen molar-refractivity contribution in [3.63, 3.8) is 0 Å². The summed E-state index contributed by atoms with van der Waals surface area (Å²) in [6.07, 6.45) is 0. The maximum absolute atomic E-state index is 13.7. The number of ether oxygens (including phenoxy) is 1. The molecule has 2 N–H and O–H groups in total. The highest BCUT2D eigenvalue weighted by Crippen LogP contribution is 2.28. The molecule has 5 nitrogen and oxygen atoms in total. The number of rotatable bonds is 2. The molecule has 0 unspecified atom stereocenters. The lowest BCUT2D eigenvalue weighted by Gasteiger charge is -2.08. The van der Waals surface area contributed by atoms with Crippen LogP contribution in [-0.2, 0) is 0 Å². The molecular formula is C12H9FN4O. The van der Waals surface area contributed by atoms with Crippen LogP contribution < -0.4 is 10.5 Å². The van der Waals surface area contributed by atoms with Crippen LogP contribution in [0.15, 0.2) is 24.3 Å². The highest BCUT2D eigenvalue weighted by atomic mass is 19.1. The van der Waals surface area contributed by atoms with Gasteiger partial charge in [-0.2, -0.15) is 15.2 Å². The van der Waals surface area contributed by atoms with E-state index in [-0.39, 0.29) is 28.6 Å². The minimum atomic E-state index is -0.492. The van der Waals surface area contributed by atoms with Crippen LogP contribution >= 0.6 is 0 Å². The van der Waals surface area contributed by atoms with Crippen molar-refractivity contribution in [2.45, 2.75) is 0 Å². The van der Waals surface area contributed by atoms with Gasteiger partial charge >= 0.3 is 6.01 Å². The number of nitrogens with two attached hydrogens (primary N) is 1. The fraction of sp³-hybridized carbons (Fsp3) is 0.0833. The summed E-state index contributed by atoms with van der Waals surface area (Å²) in [4.78, 5) is 7.76. The lowest BCUT2D eigenvalue weighted by atomic mass is 10.1. The Balaban J connectivity index is 2.74. The molecule has 0 aliphatic rings. The number of nitrogen functional groups attached to an aromatic ring is 1. The van der Waals surface area contributed by atoms with Gasteiger partial charge in [-0.25, -0.2) is 4.39 Å². The number of anilines is 1. The second kappa shape index (κ2) is 4.67. The largest absolute Gasteiger partial charge is 0.467 e. The van der Waals surface area contributed by atoms with Crippen LogP contribution in [-0.4, -0.2) is 17.1 Å². The van der Waals surface area contributed by atoms with Crippen LogP contribution in [0.5, 0.6) is 6.01 Å². The van der Waals surface area contributed by atoms with Gasteiger partial charge in [-0.05, 0) is 12.1 Å². The van der Waals surface area contributed by atoms with Crippen LogP contribution in [0.25, 0.3) is 11.3 Å². The molecule has 1 aromatic heterocycles. The highest BCUT2D eigenvalue weighted by Gasteiger charge is 2.16. The number of methoxy groups -OCH3 is 1. The molecular weight excluding hydrogens is 235 g/mol. The van der Waals surface area contributed by atoms with E-state index < -0.39 is 5.82 Å². The molecule has 90 valence electrons. The first-order valence-corrected chi connectivity index (χ1v) is 5.04. The molecule has 1 aromatic carbocycles. The molecule has 0 atom stereocenters. The first-order valence-electron chi connectivity index (χ1n) is 5.04. The molecule has 1 heterocycles. The zero-order valence-electron chi connectivity index (χ0n) is 9.51. The molecule has 0 aliphatic heterocycles. The van der Waals surface area contributed by atoms with E-state index in [1.807, 2.05) is 6.07 Å². The van der Waals surface area contributed by atoms with Crippen LogP contribution in [0.4, 0.5) is 10.2 Å². The first-order chi connectivity index (χ1) is 8.67. The Hall–Kier alpha value is -2.68. The summed E-state index contributed by atoms with van der Waals surface area (Å²) in [7, 11) is 1.37. The van der Waals surface area contributed by atoms with Crippen LogP contribution in [0, 0.1) is 17.1 Å². The average Bonchev–Trinajstić information content (AvgIpc) is 2.38. The molecule has 0 aliphatic carbocycles. The SMILES string of the molecule is COc1nc(N)c(C#N)c(-c2ccccc2F)n1. The quantitative estimate of drug-likeness (QED) is 0.869. The van der Waals surface area contributed by atoms with Gasteiger partial charge in [0.1, 0.15) is 29.0 Å². The fourth-order valence-electron chi connectivity index (χ4n) is 1.51. The second-order valence-corrected chi connectivity index (χ2v) is 3.41. The average molecular weight is 244 g/mol. The summed E-state index contributed by atoms with van der Waals surface area (Å²) in [5, 5.41) is 9.04. The predicted molar refractivity (Wildman–Crippen MR) is 63.1 cm³/mol. The summed E-state index contributed by atoms with van der Waals surface area (Å²) in [6.45, 7) is 0. The fourth-order valence-corrected chi connectivity index (χ4v) is 1.51. The van der Waals surface area contributed by atoms with Crippen molar-refractivity contribution < 1.29 is 9.13 Å². The van der Waals surface area contributed by atoms with Crippen molar-refractivity contribution in [1.29, 1.82) is 5.26 Å². The van der Waals surface area contributed by atoms with Crippen LogP contribution in [0.3, 0.4) is 0 Å². The van der Waals surface area contributed by atoms with Crippen molar-refractivity contribution in [2.75, 3.05) is 12.8 Å². The maximum Gasteiger partial charge on any atom is 0.318 e. The third-order valence-electron chi connectivity index (χ3n) is 2.34. The van der Waals surface area contributed by atoms with Crippen LogP contribution in [0.1, 0.15) is 5.56 Å². The van der Waals surface area contributed by atoms with Gasteiger partial charge in [-0.3, -0.25) is 0 Å². The van der Waals surface area contributed by atoms with Crippen molar-refractivity contribution in [1.82, 2.24) is 9.97 Å². The van der Waals surface area contributed by atoms with E-state index in [9.17, 15) is 4.39 Å². The predicted octanol–water partition coefficient (Wildman–Crippen LogP) is 1.75. The zero-order chi connectivity index (χ0) is 13.1. The van der Waals surface area contributed by atoms with Gasteiger partial charge in [-0.1, -0.05) is 12.1 Å². The smallest absolute Gasteiger partial charge is 0.318 e. The van der Waals surface area contributed by atoms with Gasteiger partial charge in [0.15, 0.2) is 0 Å². The van der Waals surface area contributed by atoms with E-state index in [0.717, 1.165) is 0 Å². The number of nitrogens with zero attached hydrogens (tertiary/aromatic N) is 3. The molecule has 0 fully saturated rings. The lowest BCUT2D eigenvalue weighted by molar-refractivity contribution is 0.381. The van der Waals surface area contributed by atoms with Crippen molar-refractivity contribution >= 4 is 5.82 Å². The van der Waals surface area contributed by atoms with Gasteiger partial charge in [-0.15, -0.1) is 0 Å². The van der Waals surface area contributed by atoms with Crippen molar-refractivity contribution in [2.24, 2.45) is 0 Å².